The van der Waals surface area contributed by atoms with Gasteiger partial charge in [0.25, 0.3) is 0 Å². The highest BCUT2D eigenvalue weighted by atomic mass is 16.4. The van der Waals surface area contributed by atoms with Crippen molar-refractivity contribution in [3.05, 3.63) is 71.3 Å². The number of aromatic carboxylic acids is 1. The van der Waals surface area contributed by atoms with E-state index < -0.39 is 11.6 Å². The van der Waals surface area contributed by atoms with E-state index in [9.17, 15) is 9.59 Å². The van der Waals surface area contributed by atoms with E-state index in [1.807, 2.05) is 30.3 Å². The van der Waals surface area contributed by atoms with Crippen molar-refractivity contribution in [1.29, 1.82) is 0 Å². The fourth-order valence-corrected chi connectivity index (χ4v) is 2.99. The number of carboxylic acids is 1. The summed E-state index contributed by atoms with van der Waals surface area (Å²) < 4.78 is 0. The van der Waals surface area contributed by atoms with E-state index in [0.717, 1.165) is 17.5 Å². The van der Waals surface area contributed by atoms with Gasteiger partial charge in [-0.1, -0.05) is 42.5 Å². The zero-order valence-electron chi connectivity index (χ0n) is 11.9. The van der Waals surface area contributed by atoms with Gasteiger partial charge in [-0.05, 0) is 23.3 Å². The lowest BCUT2D eigenvalue weighted by atomic mass is 9.90. The summed E-state index contributed by atoms with van der Waals surface area (Å²) >= 11 is 0. The number of nitrogens with one attached hydrogen (secondary N) is 1. The monoisotopic (exact) mass is 296 g/mol. The first-order chi connectivity index (χ1) is 10.7. The van der Waals surface area contributed by atoms with Crippen molar-refractivity contribution in [2.45, 2.75) is 5.66 Å². The summed E-state index contributed by atoms with van der Waals surface area (Å²) in [7, 11) is 0. The molecule has 0 spiro atoms. The van der Waals surface area contributed by atoms with E-state index in [2.05, 4.69) is 5.32 Å². The molecule has 1 amide bonds. The second kappa shape index (κ2) is 5.61. The molecule has 1 unspecified atom stereocenters. The third-order valence-corrected chi connectivity index (χ3v) is 4.03. The summed E-state index contributed by atoms with van der Waals surface area (Å²) in [4.78, 5) is 24.3. The molecule has 0 aliphatic carbocycles. The normalized spacial score (nSPS) is 20.8. The summed E-state index contributed by atoms with van der Waals surface area (Å²) in [6.07, 6.45) is 0.831. The molecule has 1 aliphatic heterocycles. The van der Waals surface area contributed by atoms with Crippen molar-refractivity contribution in [2.75, 3.05) is 13.1 Å². The number of benzene rings is 2. The highest BCUT2D eigenvalue weighted by Gasteiger charge is 2.43. The fourth-order valence-electron chi connectivity index (χ4n) is 2.99. The Morgan fingerprint density at radius 3 is 2.32 bits per heavy atom. The average Bonchev–Trinajstić information content (AvgIpc) is 3.00. The number of carboxylic acid groups (broad SMARTS) is 1. The molecule has 2 N–H and O–H groups in total. The lowest BCUT2D eigenvalue weighted by Crippen LogP contribution is -2.49. The summed E-state index contributed by atoms with van der Waals surface area (Å²) in [6, 6.07) is 16.3. The summed E-state index contributed by atoms with van der Waals surface area (Å²) in [6.45, 7) is 1.27. The van der Waals surface area contributed by atoms with Crippen LogP contribution in [-0.4, -0.2) is 35.5 Å². The first-order valence-corrected chi connectivity index (χ1v) is 7.05. The van der Waals surface area contributed by atoms with Gasteiger partial charge in [0, 0.05) is 13.1 Å². The Morgan fingerprint density at radius 1 is 1.09 bits per heavy atom. The van der Waals surface area contributed by atoms with Crippen molar-refractivity contribution in [3.8, 4) is 0 Å². The van der Waals surface area contributed by atoms with Gasteiger partial charge >= 0.3 is 5.97 Å². The average molecular weight is 296 g/mol. The van der Waals surface area contributed by atoms with Gasteiger partial charge in [0.1, 0.15) is 5.66 Å². The molecule has 2 aromatic rings. The third-order valence-electron chi connectivity index (χ3n) is 4.03. The topological polar surface area (TPSA) is 69.6 Å². The van der Waals surface area contributed by atoms with E-state index in [4.69, 9.17) is 5.11 Å². The molecule has 22 heavy (non-hydrogen) atoms. The Hall–Kier alpha value is -2.66. The molecule has 0 radical (unpaired) electrons. The maximum atomic E-state index is 11.5. The van der Waals surface area contributed by atoms with Crippen molar-refractivity contribution in [3.63, 3.8) is 0 Å². The minimum atomic E-state index is -0.966. The van der Waals surface area contributed by atoms with Crippen LogP contribution in [0.1, 0.15) is 21.5 Å². The molecule has 0 bridgehead atoms. The van der Waals surface area contributed by atoms with Crippen LogP contribution in [0.25, 0.3) is 0 Å². The highest BCUT2D eigenvalue weighted by molar-refractivity contribution is 5.87. The van der Waals surface area contributed by atoms with E-state index in [0.29, 0.717) is 13.1 Å². The molecule has 112 valence electrons. The summed E-state index contributed by atoms with van der Waals surface area (Å²) in [5.74, 6) is -0.966. The lowest BCUT2D eigenvalue weighted by molar-refractivity contribution is -0.121. The quantitative estimate of drug-likeness (QED) is 0.842. The zero-order chi connectivity index (χ0) is 15.6. The number of amides is 1. The number of carbonyl (C=O) groups excluding carboxylic acids is 1. The Bertz CT molecular complexity index is 685. The van der Waals surface area contributed by atoms with Crippen LogP contribution >= 0.6 is 0 Å². The van der Waals surface area contributed by atoms with Crippen LogP contribution in [0.4, 0.5) is 0 Å². The Balaban J connectivity index is 2.14. The molecule has 5 heteroatoms. The molecule has 1 atom stereocenters. The van der Waals surface area contributed by atoms with Gasteiger partial charge in [0.15, 0.2) is 0 Å². The van der Waals surface area contributed by atoms with Gasteiger partial charge in [0.05, 0.1) is 5.56 Å². The molecule has 1 saturated heterocycles. The predicted molar refractivity (Wildman–Crippen MR) is 81.4 cm³/mol. The van der Waals surface area contributed by atoms with Gasteiger partial charge in [-0.3, -0.25) is 10.1 Å². The SMILES string of the molecule is O=CN1CCNC1(c1ccccc1)c1ccc(C(=O)O)cc1. The summed E-state index contributed by atoms with van der Waals surface area (Å²) in [5.41, 5.74) is 1.26. The smallest absolute Gasteiger partial charge is 0.335 e. The van der Waals surface area contributed by atoms with Crippen molar-refractivity contribution >= 4 is 12.4 Å². The second-order valence-electron chi connectivity index (χ2n) is 5.18. The van der Waals surface area contributed by atoms with Crippen LogP contribution in [0.3, 0.4) is 0 Å². The van der Waals surface area contributed by atoms with Crippen molar-refractivity contribution in [2.24, 2.45) is 0 Å². The van der Waals surface area contributed by atoms with E-state index in [1.165, 1.54) is 0 Å². The number of carbonyl (C=O) groups is 2. The van der Waals surface area contributed by atoms with Gasteiger partial charge < -0.3 is 10.0 Å². The first kappa shape index (κ1) is 14.3. The lowest BCUT2D eigenvalue weighted by Gasteiger charge is -2.37. The number of hydrogen-bond donors (Lipinski definition) is 2. The molecule has 1 aliphatic rings. The van der Waals surface area contributed by atoms with Crippen LogP contribution in [0.15, 0.2) is 54.6 Å². The molecule has 0 aromatic heterocycles. The fraction of sp³-hybridized carbons (Fsp3) is 0.176. The van der Waals surface area contributed by atoms with Crippen LogP contribution in [-0.2, 0) is 10.5 Å². The Labute approximate surface area is 128 Å². The summed E-state index contributed by atoms with van der Waals surface area (Å²) in [5, 5.41) is 12.4. The molecule has 0 saturated carbocycles. The Kier molecular flexibility index (Phi) is 3.65. The van der Waals surface area contributed by atoms with Crippen LogP contribution in [0.5, 0.6) is 0 Å². The molecule has 2 aromatic carbocycles. The maximum absolute atomic E-state index is 11.5. The van der Waals surface area contributed by atoms with Crippen molar-refractivity contribution < 1.29 is 14.7 Å². The van der Waals surface area contributed by atoms with E-state index in [1.54, 1.807) is 29.2 Å². The van der Waals surface area contributed by atoms with Crippen molar-refractivity contribution in [1.82, 2.24) is 10.2 Å². The number of rotatable bonds is 4. The minimum absolute atomic E-state index is 0.225. The van der Waals surface area contributed by atoms with Gasteiger partial charge in [0.2, 0.25) is 6.41 Å². The van der Waals surface area contributed by atoms with E-state index >= 15 is 0 Å². The highest BCUT2D eigenvalue weighted by Crippen LogP contribution is 2.35. The molecule has 1 heterocycles. The minimum Gasteiger partial charge on any atom is -0.478 e. The van der Waals surface area contributed by atoms with Gasteiger partial charge in [-0.25, -0.2) is 4.79 Å². The maximum Gasteiger partial charge on any atom is 0.335 e. The standard InChI is InChI=1S/C17H16N2O3/c20-12-19-11-10-18-17(19,14-4-2-1-3-5-14)15-8-6-13(7-9-15)16(21)22/h1-9,12,18H,10-11H2,(H,21,22). The van der Waals surface area contributed by atoms with Gasteiger partial charge in [-0.2, -0.15) is 0 Å². The second-order valence-corrected chi connectivity index (χ2v) is 5.18. The van der Waals surface area contributed by atoms with Gasteiger partial charge in [-0.15, -0.1) is 0 Å². The number of hydrogen-bond acceptors (Lipinski definition) is 3. The molecular formula is C17H16N2O3. The first-order valence-electron chi connectivity index (χ1n) is 7.05. The zero-order valence-corrected chi connectivity index (χ0v) is 11.9. The molecule has 3 rings (SSSR count). The number of nitrogens with zero attached hydrogens (tertiary/aromatic N) is 1. The molecule has 5 nitrogen and oxygen atoms in total. The van der Waals surface area contributed by atoms with Crippen LogP contribution < -0.4 is 5.32 Å². The predicted octanol–water partition coefficient (Wildman–Crippen LogP) is 1.65. The Morgan fingerprint density at radius 2 is 1.73 bits per heavy atom. The third kappa shape index (κ3) is 2.16. The van der Waals surface area contributed by atoms with Crippen LogP contribution in [0, 0.1) is 0 Å². The molecular weight excluding hydrogens is 280 g/mol. The largest absolute Gasteiger partial charge is 0.478 e. The van der Waals surface area contributed by atoms with Crippen LogP contribution in [0.2, 0.25) is 0 Å². The molecule has 1 fully saturated rings. The van der Waals surface area contributed by atoms with E-state index in [-0.39, 0.29) is 5.56 Å².